The van der Waals surface area contributed by atoms with Crippen molar-refractivity contribution in [1.82, 2.24) is 10.2 Å². The average Bonchev–Trinajstić information content (AvgIpc) is 3.17. The number of fused-ring (bicyclic) bond motifs is 1. The molecule has 0 spiro atoms. The van der Waals surface area contributed by atoms with E-state index in [1.165, 1.54) is 11.0 Å². The van der Waals surface area contributed by atoms with Crippen LogP contribution in [-0.4, -0.2) is 48.4 Å². The fourth-order valence-corrected chi connectivity index (χ4v) is 5.30. The smallest absolute Gasteiger partial charge is 0.381 e. The molecule has 1 aromatic carbocycles. The minimum Gasteiger partial charge on any atom is -0.381 e. The van der Waals surface area contributed by atoms with Crippen molar-refractivity contribution >= 4 is 11.7 Å². The van der Waals surface area contributed by atoms with Gasteiger partial charge in [0.05, 0.1) is 17.5 Å². The molecule has 8 heteroatoms. The first-order chi connectivity index (χ1) is 14.7. The Morgan fingerprint density at radius 2 is 1.94 bits per heavy atom. The van der Waals surface area contributed by atoms with Crippen LogP contribution in [0.25, 0.3) is 0 Å². The van der Waals surface area contributed by atoms with Gasteiger partial charge >= 0.3 is 6.18 Å². The molecule has 3 aliphatic rings. The highest BCUT2D eigenvalue weighted by atomic mass is 19.4. The Balaban J connectivity index is 1.49. The van der Waals surface area contributed by atoms with Crippen LogP contribution >= 0.6 is 0 Å². The van der Waals surface area contributed by atoms with E-state index in [-0.39, 0.29) is 41.9 Å². The summed E-state index contributed by atoms with van der Waals surface area (Å²) in [5.41, 5.74) is -0.795. The lowest BCUT2D eigenvalue weighted by Gasteiger charge is -2.36. The number of ether oxygens (including phenoxy) is 1. The van der Waals surface area contributed by atoms with Crippen molar-refractivity contribution < 1.29 is 27.5 Å². The maximum absolute atomic E-state index is 13.5. The lowest BCUT2D eigenvalue weighted by Crippen LogP contribution is -2.48. The molecule has 0 aromatic heterocycles. The predicted molar refractivity (Wildman–Crippen MR) is 109 cm³/mol. The third kappa shape index (κ3) is 4.51. The molecule has 1 saturated heterocycles. The quantitative estimate of drug-likeness (QED) is 0.774. The molecule has 0 bridgehead atoms. The van der Waals surface area contributed by atoms with Crippen LogP contribution in [0.3, 0.4) is 0 Å². The van der Waals surface area contributed by atoms with Gasteiger partial charge in [-0.05, 0) is 56.2 Å². The Bertz CT molecular complexity index is 851. The summed E-state index contributed by atoms with van der Waals surface area (Å²) in [6, 6.07) is 3.81. The topological polar surface area (TPSA) is 58.6 Å². The summed E-state index contributed by atoms with van der Waals surface area (Å²) >= 11 is 0. The molecule has 1 amide bonds. The van der Waals surface area contributed by atoms with Crippen LogP contribution in [0.15, 0.2) is 18.2 Å². The number of benzene rings is 1. The summed E-state index contributed by atoms with van der Waals surface area (Å²) in [7, 11) is 0. The van der Waals surface area contributed by atoms with Crippen LogP contribution in [0.4, 0.5) is 13.2 Å². The summed E-state index contributed by atoms with van der Waals surface area (Å²) in [6.45, 7) is 3.45. The molecule has 1 aliphatic carbocycles. The third-order valence-electron chi connectivity index (χ3n) is 7.15. The van der Waals surface area contributed by atoms with Gasteiger partial charge in [0.1, 0.15) is 0 Å². The summed E-state index contributed by atoms with van der Waals surface area (Å²) < 4.78 is 44.8. The number of rotatable bonds is 4. The van der Waals surface area contributed by atoms with E-state index in [4.69, 9.17) is 4.74 Å². The van der Waals surface area contributed by atoms with Gasteiger partial charge in [-0.15, -0.1) is 0 Å². The molecule has 1 saturated carbocycles. The highest BCUT2D eigenvalue weighted by Crippen LogP contribution is 2.44. The summed E-state index contributed by atoms with van der Waals surface area (Å²) in [5.74, 6) is -0.410. The molecule has 2 heterocycles. The van der Waals surface area contributed by atoms with Gasteiger partial charge in [-0.25, -0.2) is 0 Å². The largest absolute Gasteiger partial charge is 0.416 e. The minimum absolute atomic E-state index is 0.0453. The van der Waals surface area contributed by atoms with Crippen molar-refractivity contribution in [2.24, 2.45) is 5.41 Å². The molecule has 2 unspecified atom stereocenters. The van der Waals surface area contributed by atoms with Gasteiger partial charge in [0.25, 0.3) is 0 Å². The average molecular weight is 438 g/mol. The Morgan fingerprint density at radius 1 is 1.19 bits per heavy atom. The third-order valence-corrected chi connectivity index (χ3v) is 7.15. The molecule has 4 rings (SSSR count). The molecule has 2 atom stereocenters. The molecule has 2 aliphatic heterocycles. The van der Waals surface area contributed by atoms with E-state index in [1.54, 1.807) is 0 Å². The second kappa shape index (κ2) is 8.54. The number of Topliss-reactive ketones (excluding diaryl/α,β-unsaturated/α-hetero) is 1. The van der Waals surface area contributed by atoms with Gasteiger partial charge < -0.3 is 15.0 Å². The van der Waals surface area contributed by atoms with Crippen molar-refractivity contribution in [3.05, 3.63) is 34.9 Å². The number of nitrogens with one attached hydrogen (secondary N) is 1. The molecule has 0 radical (unpaired) electrons. The lowest BCUT2D eigenvalue weighted by atomic mass is 9.80. The molecule has 1 aromatic rings. The van der Waals surface area contributed by atoms with Crippen molar-refractivity contribution in [2.75, 3.05) is 19.8 Å². The van der Waals surface area contributed by atoms with Gasteiger partial charge in [0.2, 0.25) is 5.91 Å². The Hall–Kier alpha value is -1.93. The number of nitrogens with zero attached hydrogens (tertiary/aromatic N) is 1. The first-order valence-electron chi connectivity index (χ1n) is 11.1. The minimum atomic E-state index is -4.48. The number of hydrogen-bond donors (Lipinski definition) is 1. The highest BCUT2D eigenvalue weighted by molar-refractivity contribution is 6.02. The van der Waals surface area contributed by atoms with Crippen LogP contribution < -0.4 is 5.32 Å². The maximum Gasteiger partial charge on any atom is 0.416 e. The van der Waals surface area contributed by atoms with E-state index >= 15 is 0 Å². The van der Waals surface area contributed by atoms with Crippen molar-refractivity contribution in [3.8, 4) is 0 Å². The molecule has 31 heavy (non-hydrogen) atoms. The van der Waals surface area contributed by atoms with Crippen LogP contribution in [0.1, 0.15) is 66.9 Å². The lowest BCUT2D eigenvalue weighted by molar-refractivity contribution is -0.142. The molecular weight excluding hydrogens is 409 g/mol. The second-order valence-corrected chi connectivity index (χ2v) is 9.08. The van der Waals surface area contributed by atoms with Gasteiger partial charge in [-0.2, -0.15) is 13.2 Å². The van der Waals surface area contributed by atoms with Crippen LogP contribution in [-0.2, 0) is 22.3 Å². The van der Waals surface area contributed by atoms with Gasteiger partial charge in [-0.1, -0.05) is 13.0 Å². The second-order valence-electron chi connectivity index (χ2n) is 9.08. The molecule has 2 fully saturated rings. The zero-order chi connectivity index (χ0) is 22.2. The van der Waals surface area contributed by atoms with E-state index in [1.807, 2.05) is 6.92 Å². The first-order valence-corrected chi connectivity index (χ1v) is 11.1. The van der Waals surface area contributed by atoms with Crippen molar-refractivity contribution in [1.29, 1.82) is 0 Å². The van der Waals surface area contributed by atoms with E-state index in [9.17, 15) is 22.8 Å². The fraction of sp³-hybridized carbons (Fsp3) is 0.652. The summed E-state index contributed by atoms with van der Waals surface area (Å²) in [5, 5.41) is 3.67. The van der Waals surface area contributed by atoms with E-state index < -0.39 is 17.2 Å². The number of carbonyl (C=O) groups excluding carboxylic acids is 2. The number of alkyl halides is 3. The van der Waals surface area contributed by atoms with E-state index in [0.717, 1.165) is 51.0 Å². The number of carbonyl (C=O) groups is 2. The highest BCUT2D eigenvalue weighted by Gasteiger charge is 2.47. The van der Waals surface area contributed by atoms with Gasteiger partial charge in [0, 0.05) is 37.4 Å². The number of ketones is 1. The number of amides is 1. The monoisotopic (exact) mass is 438 g/mol. The Labute approximate surface area is 180 Å². The summed E-state index contributed by atoms with van der Waals surface area (Å²) in [4.78, 5) is 27.6. The number of halogens is 3. The fourth-order valence-electron chi connectivity index (χ4n) is 5.30. The number of hydrogen-bond acceptors (Lipinski definition) is 4. The molecule has 1 N–H and O–H groups in total. The first kappa shape index (κ1) is 22.3. The van der Waals surface area contributed by atoms with Crippen molar-refractivity contribution in [3.63, 3.8) is 0 Å². The molecule has 5 nitrogen and oxygen atoms in total. The Kier molecular flexibility index (Phi) is 6.14. The molecular formula is C23H29F3N2O3. The van der Waals surface area contributed by atoms with Crippen LogP contribution in [0, 0.1) is 5.41 Å². The zero-order valence-electron chi connectivity index (χ0n) is 17.8. The van der Waals surface area contributed by atoms with Gasteiger partial charge in [-0.3, -0.25) is 9.59 Å². The zero-order valence-corrected chi connectivity index (χ0v) is 17.8. The predicted octanol–water partition coefficient (Wildman–Crippen LogP) is 3.95. The van der Waals surface area contributed by atoms with Crippen LogP contribution in [0.2, 0.25) is 0 Å². The Morgan fingerprint density at radius 3 is 2.61 bits per heavy atom. The van der Waals surface area contributed by atoms with Gasteiger partial charge in [0.15, 0.2) is 5.78 Å². The SMILES string of the molecule is CCC1(C(=O)N2CC(=O)c3ccc(C(F)(F)F)cc3C2)CCC(NC2CCOCC2)C1. The van der Waals surface area contributed by atoms with E-state index in [0.29, 0.717) is 18.9 Å². The normalized spacial score (nSPS) is 27.4. The van der Waals surface area contributed by atoms with E-state index in [2.05, 4.69) is 5.32 Å². The van der Waals surface area contributed by atoms with Crippen molar-refractivity contribution in [2.45, 2.75) is 70.3 Å². The molecule has 170 valence electrons. The standard InChI is InChI=1S/C23H29F3N2O3/c1-2-22(8-5-18(12-22)27-17-6-9-31-10-7-17)21(30)28-13-15-11-16(23(24,25)26)3-4-19(15)20(29)14-28/h3-4,11,17-18,27H,2,5-10,12-14H2,1H3. The van der Waals surface area contributed by atoms with Crippen LogP contribution in [0.5, 0.6) is 0 Å². The summed E-state index contributed by atoms with van der Waals surface area (Å²) in [6.07, 6.45) is 0.392. The maximum atomic E-state index is 13.5.